The number of hydrogen-bond acceptors (Lipinski definition) is 4. The van der Waals surface area contributed by atoms with Gasteiger partial charge in [-0.3, -0.25) is 14.4 Å². The number of para-hydroxylation sites is 1. The quantitative estimate of drug-likeness (QED) is 0.288. The fourth-order valence-electron chi connectivity index (χ4n) is 4.10. The van der Waals surface area contributed by atoms with Crippen molar-refractivity contribution in [3.8, 4) is 5.75 Å². The maximum Gasteiger partial charge on any atom is 0.255 e. The first-order valence-corrected chi connectivity index (χ1v) is 11.6. The van der Waals surface area contributed by atoms with Gasteiger partial charge in [0.2, 0.25) is 6.41 Å². The summed E-state index contributed by atoms with van der Waals surface area (Å²) >= 11 is 0. The molecule has 1 aliphatic carbocycles. The van der Waals surface area contributed by atoms with E-state index in [1.807, 2.05) is 60.7 Å². The number of nitrogens with one attached hydrogen (secondary N) is 1. The van der Waals surface area contributed by atoms with Crippen molar-refractivity contribution in [2.75, 3.05) is 11.9 Å². The number of benzene rings is 2. The Balaban J connectivity index is 1.21. The van der Waals surface area contributed by atoms with Gasteiger partial charge in [0.15, 0.2) is 5.75 Å². The maximum atomic E-state index is 12.7. The van der Waals surface area contributed by atoms with Gasteiger partial charge < -0.3 is 10.1 Å². The number of carbonyl (C=O) groups is 2. The van der Waals surface area contributed by atoms with E-state index in [4.69, 9.17) is 9.57 Å². The summed E-state index contributed by atoms with van der Waals surface area (Å²) in [6.45, 7) is 0.965. The fraction of sp³-hybridized carbons (Fsp3) is 0.333. The first kappa shape index (κ1) is 22.8. The Labute approximate surface area is 194 Å². The number of nitrogens with zero attached hydrogens (tertiary/aromatic N) is 1. The first-order chi connectivity index (χ1) is 16.2. The Bertz CT molecular complexity index is 1030. The van der Waals surface area contributed by atoms with Gasteiger partial charge in [-0.15, -0.1) is 0 Å². The largest absolute Gasteiger partial charge is 0.455 e. The Morgan fingerprint density at radius 2 is 1.88 bits per heavy atom. The number of aryl methyl sites for hydroxylation is 1. The third-order valence-electron chi connectivity index (χ3n) is 5.90. The second-order valence-electron chi connectivity index (χ2n) is 8.30. The van der Waals surface area contributed by atoms with Gasteiger partial charge in [-0.25, -0.2) is 5.06 Å². The zero-order chi connectivity index (χ0) is 22.9. The van der Waals surface area contributed by atoms with Crippen LogP contribution in [-0.4, -0.2) is 23.9 Å². The maximum absolute atomic E-state index is 12.7. The highest BCUT2D eigenvalue weighted by molar-refractivity contribution is 6.06. The summed E-state index contributed by atoms with van der Waals surface area (Å²) in [6, 6.07) is 15.7. The summed E-state index contributed by atoms with van der Waals surface area (Å²) in [5, 5.41) is 4.45. The molecular formula is C27H30N2O4. The number of hydroxylamine groups is 2. The van der Waals surface area contributed by atoms with Crippen molar-refractivity contribution < 1.29 is 19.2 Å². The Kier molecular flexibility index (Phi) is 7.93. The lowest BCUT2D eigenvalue weighted by Crippen LogP contribution is -2.23. The summed E-state index contributed by atoms with van der Waals surface area (Å²) in [4.78, 5) is 29.5. The van der Waals surface area contributed by atoms with Gasteiger partial charge in [0.25, 0.3) is 5.91 Å². The SMILES string of the molecule is O=CN(CCCCCCc1cccc2c1NC(=O)C1=C(C=CCC1)O2)OCc1ccccc1. The molecule has 2 aromatic carbocycles. The summed E-state index contributed by atoms with van der Waals surface area (Å²) in [5.74, 6) is 1.29. The molecule has 6 nitrogen and oxygen atoms in total. The van der Waals surface area contributed by atoms with Crippen LogP contribution >= 0.6 is 0 Å². The van der Waals surface area contributed by atoms with E-state index in [-0.39, 0.29) is 5.91 Å². The van der Waals surface area contributed by atoms with E-state index in [1.165, 1.54) is 5.06 Å². The van der Waals surface area contributed by atoms with E-state index < -0.39 is 0 Å². The summed E-state index contributed by atoms with van der Waals surface area (Å²) in [7, 11) is 0. The van der Waals surface area contributed by atoms with Gasteiger partial charge in [-0.2, -0.15) is 0 Å². The van der Waals surface area contributed by atoms with Crippen molar-refractivity contribution >= 4 is 18.0 Å². The molecule has 0 saturated carbocycles. The molecule has 33 heavy (non-hydrogen) atoms. The van der Waals surface area contributed by atoms with Gasteiger partial charge in [0.1, 0.15) is 12.4 Å². The van der Waals surface area contributed by atoms with Gasteiger partial charge in [0.05, 0.1) is 11.3 Å². The second kappa shape index (κ2) is 11.5. The Morgan fingerprint density at radius 3 is 2.73 bits per heavy atom. The van der Waals surface area contributed by atoms with E-state index >= 15 is 0 Å². The summed E-state index contributed by atoms with van der Waals surface area (Å²) in [5.41, 5.74) is 3.63. The molecule has 4 rings (SSSR count). The van der Waals surface area contributed by atoms with Gasteiger partial charge in [0, 0.05) is 6.54 Å². The van der Waals surface area contributed by atoms with Gasteiger partial charge in [-0.05, 0) is 55.4 Å². The zero-order valence-corrected chi connectivity index (χ0v) is 18.8. The molecule has 0 saturated heterocycles. The average Bonchev–Trinajstić information content (AvgIpc) is 3.00. The van der Waals surface area contributed by atoms with Gasteiger partial charge >= 0.3 is 0 Å². The van der Waals surface area contributed by atoms with Crippen LogP contribution in [0.4, 0.5) is 5.69 Å². The van der Waals surface area contributed by atoms with Crippen molar-refractivity contribution in [3.63, 3.8) is 0 Å². The van der Waals surface area contributed by atoms with E-state index in [9.17, 15) is 9.59 Å². The number of anilines is 1. The predicted molar refractivity (Wildman–Crippen MR) is 127 cm³/mol. The second-order valence-corrected chi connectivity index (χ2v) is 8.30. The minimum atomic E-state index is -0.0648. The highest BCUT2D eigenvalue weighted by atomic mass is 16.7. The molecule has 1 N–H and O–H groups in total. The number of rotatable bonds is 11. The average molecular weight is 447 g/mol. The van der Waals surface area contributed by atoms with Crippen LogP contribution in [0.3, 0.4) is 0 Å². The molecule has 6 heteroatoms. The third kappa shape index (κ3) is 6.11. The molecule has 1 aliphatic heterocycles. The molecule has 0 spiro atoms. The van der Waals surface area contributed by atoms with Crippen LogP contribution in [0.25, 0.3) is 0 Å². The van der Waals surface area contributed by atoms with Crippen molar-refractivity contribution in [2.24, 2.45) is 0 Å². The van der Waals surface area contributed by atoms with Gasteiger partial charge in [-0.1, -0.05) is 61.4 Å². The number of allylic oxidation sites excluding steroid dienone is 2. The molecule has 172 valence electrons. The molecule has 0 unspecified atom stereocenters. The highest BCUT2D eigenvalue weighted by Gasteiger charge is 2.25. The van der Waals surface area contributed by atoms with Crippen LogP contribution < -0.4 is 10.1 Å². The minimum Gasteiger partial charge on any atom is -0.455 e. The van der Waals surface area contributed by atoms with Crippen LogP contribution in [0.15, 0.2) is 72.0 Å². The minimum absolute atomic E-state index is 0.0648. The highest BCUT2D eigenvalue weighted by Crippen LogP contribution is 2.36. The Hall–Kier alpha value is -3.38. The van der Waals surface area contributed by atoms with Crippen LogP contribution in [-0.2, 0) is 27.5 Å². The number of hydrogen-bond donors (Lipinski definition) is 1. The van der Waals surface area contributed by atoms with Crippen LogP contribution in [0.5, 0.6) is 5.75 Å². The van der Waals surface area contributed by atoms with E-state index in [0.29, 0.717) is 36.7 Å². The van der Waals surface area contributed by atoms with Crippen LogP contribution in [0.1, 0.15) is 49.7 Å². The van der Waals surface area contributed by atoms with Crippen molar-refractivity contribution in [3.05, 3.63) is 83.1 Å². The summed E-state index contributed by atoms with van der Waals surface area (Å²) < 4.78 is 6.07. The van der Waals surface area contributed by atoms with Crippen molar-refractivity contribution in [1.29, 1.82) is 0 Å². The van der Waals surface area contributed by atoms with Crippen molar-refractivity contribution in [1.82, 2.24) is 5.06 Å². The first-order valence-electron chi connectivity index (χ1n) is 11.6. The van der Waals surface area contributed by atoms with E-state index in [1.54, 1.807) is 0 Å². The number of fused-ring (bicyclic) bond motifs is 1. The summed E-state index contributed by atoms with van der Waals surface area (Å²) in [6.07, 6.45) is 11.0. The van der Waals surface area contributed by atoms with E-state index in [2.05, 4.69) is 5.32 Å². The van der Waals surface area contributed by atoms with Crippen LogP contribution in [0, 0.1) is 0 Å². The molecule has 2 aliphatic rings. The number of amides is 2. The third-order valence-corrected chi connectivity index (χ3v) is 5.90. The monoisotopic (exact) mass is 446 g/mol. The molecule has 0 bridgehead atoms. The number of unbranched alkanes of at least 4 members (excludes halogenated alkanes) is 3. The lowest BCUT2D eigenvalue weighted by Gasteiger charge is -2.17. The van der Waals surface area contributed by atoms with Crippen molar-refractivity contribution in [2.45, 2.75) is 51.6 Å². The number of carbonyl (C=O) groups excluding carboxylic acids is 2. The lowest BCUT2D eigenvalue weighted by molar-refractivity contribution is -0.177. The molecule has 2 amide bonds. The fourth-order valence-corrected chi connectivity index (χ4v) is 4.10. The van der Waals surface area contributed by atoms with E-state index in [0.717, 1.165) is 61.7 Å². The molecular weight excluding hydrogens is 416 g/mol. The smallest absolute Gasteiger partial charge is 0.255 e. The normalized spacial score (nSPS) is 14.6. The van der Waals surface area contributed by atoms with Crippen LogP contribution in [0.2, 0.25) is 0 Å². The Morgan fingerprint density at radius 1 is 1.03 bits per heavy atom. The topological polar surface area (TPSA) is 67.9 Å². The lowest BCUT2D eigenvalue weighted by atomic mass is 10.0. The predicted octanol–water partition coefficient (Wildman–Crippen LogP) is 5.31. The molecule has 0 aromatic heterocycles. The molecule has 2 aromatic rings. The zero-order valence-electron chi connectivity index (χ0n) is 18.8. The molecule has 1 heterocycles. The molecule has 0 fully saturated rings. The molecule has 0 radical (unpaired) electrons. The number of ether oxygens (including phenoxy) is 1. The standard InChI is InChI=1S/C27H30N2O4/c30-20-29(32-19-21-11-4-3-5-12-21)18-9-2-1-6-13-22-14-10-17-25-26(22)28-27(31)23-15-7-8-16-24(23)33-25/h3-5,8,10-12,14,16-17,20H,1-2,6-7,9,13,15,18-19H2,(H,28,31). The molecule has 0 atom stereocenters.